The van der Waals surface area contributed by atoms with Gasteiger partial charge < -0.3 is 16.2 Å². The number of carbonyl (C=O) groups excluding carboxylic acids is 1. The van der Waals surface area contributed by atoms with Gasteiger partial charge in [-0.1, -0.05) is 6.92 Å². The molecule has 6 heteroatoms. The lowest BCUT2D eigenvalue weighted by Crippen LogP contribution is -2.40. The number of rotatable bonds is 4. The van der Waals surface area contributed by atoms with Crippen molar-refractivity contribution in [3.63, 3.8) is 0 Å². The van der Waals surface area contributed by atoms with Crippen LogP contribution < -0.4 is 11.1 Å². The zero-order valence-corrected chi connectivity index (χ0v) is 9.24. The van der Waals surface area contributed by atoms with E-state index >= 15 is 0 Å². The third-order valence-corrected chi connectivity index (χ3v) is 2.27. The highest BCUT2D eigenvalue weighted by Crippen LogP contribution is 2.13. The molecule has 0 aliphatic rings. The van der Waals surface area contributed by atoms with Crippen molar-refractivity contribution in [3.8, 4) is 0 Å². The van der Waals surface area contributed by atoms with Crippen LogP contribution in [0.25, 0.3) is 0 Å². The monoisotopic (exact) mass is 240 g/mol. The van der Waals surface area contributed by atoms with Gasteiger partial charge in [-0.2, -0.15) is 0 Å². The molecule has 1 aromatic carbocycles. The molecule has 4 N–H and O–H groups in total. The molecule has 17 heavy (non-hydrogen) atoms. The summed E-state index contributed by atoms with van der Waals surface area (Å²) in [6.07, 6.45) is 0.232. The van der Waals surface area contributed by atoms with Crippen LogP contribution in [0, 0.1) is 5.82 Å². The number of carboxylic acid groups (broad SMARTS) is 1. The molecular formula is C11H13FN2O3. The Kier molecular flexibility index (Phi) is 4.03. The molecule has 0 aliphatic carbocycles. The van der Waals surface area contributed by atoms with Crippen LogP contribution in [-0.2, 0) is 4.79 Å². The maximum absolute atomic E-state index is 12.9. The van der Waals surface area contributed by atoms with E-state index in [0.717, 1.165) is 12.1 Å². The van der Waals surface area contributed by atoms with Crippen molar-refractivity contribution in [2.75, 3.05) is 5.73 Å². The van der Waals surface area contributed by atoms with Gasteiger partial charge in [0.25, 0.3) is 5.91 Å². The van der Waals surface area contributed by atoms with E-state index < -0.39 is 23.7 Å². The van der Waals surface area contributed by atoms with Crippen molar-refractivity contribution in [3.05, 3.63) is 29.6 Å². The van der Waals surface area contributed by atoms with Gasteiger partial charge in [0.2, 0.25) is 0 Å². The lowest BCUT2D eigenvalue weighted by molar-refractivity contribution is -0.139. The lowest BCUT2D eigenvalue weighted by Gasteiger charge is -2.13. The van der Waals surface area contributed by atoms with Gasteiger partial charge in [-0.15, -0.1) is 0 Å². The Morgan fingerprint density at radius 2 is 2.18 bits per heavy atom. The van der Waals surface area contributed by atoms with E-state index in [4.69, 9.17) is 10.8 Å². The van der Waals surface area contributed by atoms with Crippen LogP contribution >= 0.6 is 0 Å². The average molecular weight is 240 g/mol. The molecule has 0 fully saturated rings. The Labute approximate surface area is 97.4 Å². The Morgan fingerprint density at radius 1 is 1.53 bits per heavy atom. The number of carbonyl (C=O) groups is 2. The predicted octanol–water partition coefficient (Wildman–Crippen LogP) is 1.00. The number of hydrogen-bond donors (Lipinski definition) is 3. The molecule has 1 amide bonds. The van der Waals surface area contributed by atoms with Crippen molar-refractivity contribution in [1.29, 1.82) is 0 Å². The molecule has 0 saturated heterocycles. The highest BCUT2D eigenvalue weighted by Gasteiger charge is 2.19. The Morgan fingerprint density at radius 3 is 2.71 bits per heavy atom. The Hall–Kier alpha value is -2.11. The van der Waals surface area contributed by atoms with Crippen LogP contribution in [0.4, 0.5) is 10.1 Å². The van der Waals surface area contributed by atoms with E-state index in [1.54, 1.807) is 6.92 Å². The van der Waals surface area contributed by atoms with Gasteiger partial charge in [0.1, 0.15) is 11.9 Å². The topological polar surface area (TPSA) is 92.4 Å². The van der Waals surface area contributed by atoms with Gasteiger partial charge in [0.15, 0.2) is 0 Å². The summed E-state index contributed by atoms with van der Waals surface area (Å²) >= 11 is 0. The predicted molar refractivity (Wildman–Crippen MR) is 60.0 cm³/mol. The SMILES string of the molecule is CCC(NC(=O)c1cc(F)ccc1N)C(=O)O. The number of halogens is 1. The molecule has 0 aromatic heterocycles. The molecule has 5 nitrogen and oxygen atoms in total. The first kappa shape index (κ1) is 13.0. The number of amides is 1. The van der Waals surface area contributed by atoms with Gasteiger partial charge >= 0.3 is 5.97 Å². The minimum atomic E-state index is -1.14. The molecule has 1 rings (SSSR count). The Bertz CT molecular complexity index is 448. The minimum Gasteiger partial charge on any atom is -0.480 e. The average Bonchev–Trinajstić information content (AvgIpc) is 2.28. The molecule has 92 valence electrons. The zero-order valence-electron chi connectivity index (χ0n) is 9.24. The highest BCUT2D eigenvalue weighted by atomic mass is 19.1. The first-order valence-corrected chi connectivity index (χ1v) is 5.04. The summed E-state index contributed by atoms with van der Waals surface area (Å²) in [5, 5.41) is 11.0. The van der Waals surface area contributed by atoms with Crippen LogP contribution in [0.15, 0.2) is 18.2 Å². The van der Waals surface area contributed by atoms with Crippen molar-refractivity contribution >= 4 is 17.6 Å². The van der Waals surface area contributed by atoms with Gasteiger partial charge in [-0.05, 0) is 24.6 Å². The van der Waals surface area contributed by atoms with Crippen LogP contribution in [0.1, 0.15) is 23.7 Å². The van der Waals surface area contributed by atoms with Crippen LogP contribution in [0.3, 0.4) is 0 Å². The van der Waals surface area contributed by atoms with E-state index in [9.17, 15) is 14.0 Å². The molecule has 0 heterocycles. The second-order valence-electron chi connectivity index (χ2n) is 3.50. The summed E-state index contributed by atoms with van der Waals surface area (Å²) < 4.78 is 12.9. The van der Waals surface area contributed by atoms with E-state index in [-0.39, 0.29) is 17.7 Å². The second-order valence-corrected chi connectivity index (χ2v) is 3.50. The smallest absolute Gasteiger partial charge is 0.326 e. The standard InChI is InChI=1S/C11H13FN2O3/c1-2-9(11(16)17)14-10(15)7-5-6(12)3-4-8(7)13/h3-5,9H,2,13H2,1H3,(H,14,15)(H,16,17). The van der Waals surface area contributed by atoms with Crippen LogP contribution in [-0.4, -0.2) is 23.0 Å². The van der Waals surface area contributed by atoms with Crippen LogP contribution in [0.5, 0.6) is 0 Å². The fraction of sp³-hybridized carbons (Fsp3) is 0.273. The minimum absolute atomic E-state index is 0.0651. The lowest BCUT2D eigenvalue weighted by atomic mass is 10.1. The largest absolute Gasteiger partial charge is 0.480 e. The number of nitrogens with two attached hydrogens (primary N) is 1. The van der Waals surface area contributed by atoms with E-state index in [1.165, 1.54) is 6.07 Å². The number of benzene rings is 1. The van der Waals surface area contributed by atoms with Crippen molar-refractivity contribution in [2.45, 2.75) is 19.4 Å². The molecule has 1 aromatic rings. The van der Waals surface area contributed by atoms with Crippen molar-refractivity contribution < 1.29 is 19.1 Å². The summed E-state index contributed by atoms with van der Waals surface area (Å²) in [4.78, 5) is 22.4. The fourth-order valence-electron chi connectivity index (χ4n) is 1.30. The molecule has 0 aliphatic heterocycles. The molecule has 1 atom stereocenters. The first-order valence-electron chi connectivity index (χ1n) is 5.04. The van der Waals surface area contributed by atoms with Gasteiger partial charge in [-0.3, -0.25) is 4.79 Å². The second kappa shape index (κ2) is 5.29. The van der Waals surface area contributed by atoms with Crippen LogP contribution in [0.2, 0.25) is 0 Å². The zero-order chi connectivity index (χ0) is 13.0. The van der Waals surface area contributed by atoms with E-state index in [2.05, 4.69) is 5.32 Å². The highest BCUT2D eigenvalue weighted by molar-refractivity contribution is 6.00. The van der Waals surface area contributed by atoms with E-state index in [0.29, 0.717) is 0 Å². The molecule has 0 saturated carbocycles. The quantitative estimate of drug-likeness (QED) is 0.684. The number of hydrogen-bond acceptors (Lipinski definition) is 3. The summed E-state index contributed by atoms with van der Waals surface area (Å²) in [7, 11) is 0. The Balaban J connectivity index is 2.89. The molecule has 0 bridgehead atoms. The van der Waals surface area contributed by atoms with E-state index in [1.807, 2.05) is 0 Å². The number of aliphatic carboxylic acids is 1. The third-order valence-electron chi connectivity index (χ3n) is 2.27. The maximum atomic E-state index is 12.9. The van der Waals surface area contributed by atoms with Crippen molar-refractivity contribution in [1.82, 2.24) is 5.32 Å². The number of carboxylic acids is 1. The van der Waals surface area contributed by atoms with Gasteiger partial charge in [0, 0.05) is 5.69 Å². The molecule has 0 spiro atoms. The van der Waals surface area contributed by atoms with Gasteiger partial charge in [-0.25, -0.2) is 9.18 Å². The van der Waals surface area contributed by atoms with Gasteiger partial charge in [0.05, 0.1) is 5.56 Å². The summed E-state index contributed by atoms with van der Waals surface area (Å²) in [5.41, 5.74) is 5.54. The number of nitrogen functional groups attached to an aromatic ring is 1. The first-order chi connectivity index (χ1) is 7.95. The molecule has 1 unspecified atom stereocenters. The summed E-state index contributed by atoms with van der Waals surface area (Å²) in [5.74, 6) is -2.44. The van der Waals surface area contributed by atoms with Crippen molar-refractivity contribution in [2.24, 2.45) is 0 Å². The number of anilines is 1. The molecule has 0 radical (unpaired) electrons. The third kappa shape index (κ3) is 3.17. The summed E-state index contributed by atoms with van der Waals surface area (Å²) in [6, 6.07) is 2.34. The maximum Gasteiger partial charge on any atom is 0.326 e. The number of nitrogens with one attached hydrogen (secondary N) is 1. The summed E-state index contributed by atoms with van der Waals surface area (Å²) in [6.45, 7) is 1.62. The fourth-order valence-corrected chi connectivity index (χ4v) is 1.30. The normalized spacial score (nSPS) is 11.9. The molecular weight excluding hydrogens is 227 g/mol.